The van der Waals surface area contributed by atoms with E-state index in [1.165, 1.54) is 32.8 Å². The highest BCUT2D eigenvalue weighted by Gasteiger charge is 2.21. The van der Waals surface area contributed by atoms with Gasteiger partial charge in [-0.05, 0) is 54.2 Å². The molecular weight excluding hydrogens is 352 g/mol. The first kappa shape index (κ1) is 17.7. The molecule has 0 fully saturated rings. The van der Waals surface area contributed by atoms with E-state index < -0.39 is 0 Å². The van der Waals surface area contributed by atoms with Crippen molar-refractivity contribution in [2.75, 3.05) is 7.11 Å². The summed E-state index contributed by atoms with van der Waals surface area (Å²) in [5.74, 6) is 0. The maximum absolute atomic E-state index is 5.02. The number of hydrogen-bond donors (Lipinski definition) is 0. The van der Waals surface area contributed by atoms with Crippen LogP contribution in [-0.2, 0) is 4.84 Å². The highest BCUT2D eigenvalue weighted by molar-refractivity contribution is 7.17. The molecule has 1 atom stereocenters. The van der Waals surface area contributed by atoms with Gasteiger partial charge in [-0.2, -0.15) is 0 Å². The summed E-state index contributed by atoms with van der Waals surface area (Å²) in [6.07, 6.45) is 3.87. The first-order valence-electron chi connectivity index (χ1n) is 9.14. The third-order valence-electron chi connectivity index (χ3n) is 4.91. The van der Waals surface area contributed by atoms with E-state index >= 15 is 0 Å². The van der Waals surface area contributed by atoms with Crippen LogP contribution in [-0.4, -0.2) is 19.0 Å². The molecule has 2 aromatic carbocycles. The maximum Gasteiger partial charge on any atom is 0.106 e. The predicted octanol–water partition coefficient (Wildman–Crippen LogP) is 6.03. The van der Waals surface area contributed by atoms with Crippen LogP contribution in [0.25, 0.3) is 10.4 Å². The van der Waals surface area contributed by atoms with Crippen LogP contribution in [0.4, 0.5) is 0 Å². The summed E-state index contributed by atoms with van der Waals surface area (Å²) < 4.78 is 0. The van der Waals surface area contributed by atoms with Gasteiger partial charge in [0.05, 0.1) is 12.3 Å². The van der Waals surface area contributed by atoms with Crippen molar-refractivity contribution < 1.29 is 4.84 Å². The molecule has 0 radical (unpaired) electrons. The van der Waals surface area contributed by atoms with Crippen molar-refractivity contribution in [1.29, 1.82) is 0 Å². The lowest BCUT2D eigenvalue weighted by Gasteiger charge is -2.08. The third-order valence-corrected chi connectivity index (χ3v) is 5.98. The summed E-state index contributed by atoms with van der Waals surface area (Å²) in [7, 11) is 1.56. The summed E-state index contributed by atoms with van der Waals surface area (Å²) in [6, 6.07) is 21.8. The van der Waals surface area contributed by atoms with Crippen molar-refractivity contribution in [2.24, 2.45) is 10.1 Å². The monoisotopic (exact) mass is 374 g/mol. The van der Waals surface area contributed by atoms with Crippen LogP contribution in [0.2, 0.25) is 0 Å². The van der Waals surface area contributed by atoms with E-state index in [0.717, 1.165) is 17.7 Å². The molecular formula is C23H22N2OS. The maximum atomic E-state index is 5.02. The Labute approximate surface area is 164 Å². The number of hydrogen-bond acceptors (Lipinski definition) is 4. The van der Waals surface area contributed by atoms with E-state index in [2.05, 4.69) is 72.7 Å². The van der Waals surface area contributed by atoms with Crippen molar-refractivity contribution in [3.05, 3.63) is 82.2 Å². The van der Waals surface area contributed by atoms with Crippen molar-refractivity contribution >= 4 is 23.3 Å². The minimum Gasteiger partial charge on any atom is -0.399 e. The second-order valence-corrected chi connectivity index (χ2v) is 7.80. The molecule has 4 heteroatoms. The van der Waals surface area contributed by atoms with E-state index in [9.17, 15) is 0 Å². The molecule has 136 valence electrons. The van der Waals surface area contributed by atoms with E-state index in [4.69, 9.17) is 9.83 Å². The third kappa shape index (κ3) is 3.86. The van der Waals surface area contributed by atoms with Crippen LogP contribution in [0.3, 0.4) is 0 Å². The molecule has 3 nitrogen and oxygen atoms in total. The highest BCUT2D eigenvalue weighted by atomic mass is 32.1. The van der Waals surface area contributed by atoms with Crippen molar-refractivity contribution in [3.8, 4) is 10.4 Å². The summed E-state index contributed by atoms with van der Waals surface area (Å²) in [6.45, 7) is 2.16. The Morgan fingerprint density at radius 3 is 2.67 bits per heavy atom. The van der Waals surface area contributed by atoms with Gasteiger partial charge in [-0.1, -0.05) is 53.7 Å². The topological polar surface area (TPSA) is 34.0 Å². The predicted molar refractivity (Wildman–Crippen MR) is 114 cm³/mol. The van der Waals surface area contributed by atoms with Crippen LogP contribution >= 0.6 is 11.3 Å². The number of nitrogens with zero attached hydrogens (tertiary/aromatic N) is 2. The zero-order valence-corrected chi connectivity index (χ0v) is 16.4. The average Bonchev–Trinajstić information content (AvgIpc) is 3.37. The fourth-order valence-electron chi connectivity index (χ4n) is 3.48. The summed E-state index contributed by atoms with van der Waals surface area (Å²) in [4.78, 5) is 12.1. The Kier molecular flexibility index (Phi) is 5.16. The Hall–Kier alpha value is -2.72. The number of oxime groups is 1. The van der Waals surface area contributed by atoms with Gasteiger partial charge in [-0.25, -0.2) is 0 Å². The molecule has 27 heavy (non-hydrogen) atoms. The SMILES string of the molecule is CO/N=C/c1ccc(-c2ccc(C3CCC(c4ccccc4C)=N3)cc2)s1. The van der Waals surface area contributed by atoms with Gasteiger partial charge in [-0.3, -0.25) is 4.99 Å². The summed E-state index contributed by atoms with van der Waals surface area (Å²) in [5, 5.41) is 3.82. The van der Waals surface area contributed by atoms with Crippen LogP contribution < -0.4 is 0 Å². The summed E-state index contributed by atoms with van der Waals surface area (Å²) in [5.41, 5.74) is 6.35. The van der Waals surface area contributed by atoms with Gasteiger partial charge in [0.15, 0.2) is 0 Å². The Morgan fingerprint density at radius 2 is 1.89 bits per heavy atom. The fraction of sp³-hybridized carbons (Fsp3) is 0.217. The molecule has 0 saturated carbocycles. The number of benzene rings is 2. The number of thiophene rings is 1. The Morgan fingerprint density at radius 1 is 1.07 bits per heavy atom. The van der Waals surface area contributed by atoms with E-state index in [1.807, 2.05) is 0 Å². The minimum absolute atomic E-state index is 0.265. The number of aliphatic imine (C=N–C) groups is 1. The summed E-state index contributed by atoms with van der Waals surface area (Å²) >= 11 is 1.71. The first-order valence-corrected chi connectivity index (χ1v) is 9.95. The lowest BCUT2D eigenvalue weighted by molar-refractivity contribution is 0.215. The quantitative estimate of drug-likeness (QED) is 0.397. The molecule has 0 amide bonds. The van der Waals surface area contributed by atoms with E-state index in [-0.39, 0.29) is 6.04 Å². The normalized spacial score (nSPS) is 16.7. The Balaban J connectivity index is 1.52. The van der Waals surface area contributed by atoms with Crippen LogP contribution in [0.15, 0.2) is 70.8 Å². The zero-order chi connectivity index (χ0) is 18.6. The molecule has 0 aliphatic carbocycles. The average molecular weight is 375 g/mol. The van der Waals surface area contributed by atoms with Gasteiger partial charge >= 0.3 is 0 Å². The minimum atomic E-state index is 0.265. The zero-order valence-electron chi connectivity index (χ0n) is 15.6. The van der Waals surface area contributed by atoms with Crippen molar-refractivity contribution in [2.45, 2.75) is 25.8 Å². The molecule has 1 aliphatic rings. The lowest BCUT2D eigenvalue weighted by Crippen LogP contribution is -1.98. The molecule has 1 aromatic heterocycles. The molecule has 0 spiro atoms. The van der Waals surface area contributed by atoms with Gasteiger partial charge < -0.3 is 4.84 Å². The van der Waals surface area contributed by atoms with Gasteiger partial charge in [0.2, 0.25) is 0 Å². The molecule has 1 unspecified atom stereocenters. The van der Waals surface area contributed by atoms with Gasteiger partial charge in [0, 0.05) is 15.5 Å². The molecule has 0 N–H and O–H groups in total. The molecule has 1 aliphatic heterocycles. The molecule has 3 aromatic rings. The second-order valence-electron chi connectivity index (χ2n) is 6.69. The number of aryl methyl sites for hydroxylation is 1. The molecule has 0 bridgehead atoms. The van der Waals surface area contributed by atoms with Crippen molar-refractivity contribution in [1.82, 2.24) is 0 Å². The lowest BCUT2D eigenvalue weighted by atomic mass is 10.00. The Bertz CT molecular complexity index is 986. The molecule has 4 rings (SSSR count). The van der Waals surface area contributed by atoms with Crippen LogP contribution in [0, 0.1) is 6.92 Å². The van der Waals surface area contributed by atoms with Crippen LogP contribution in [0.5, 0.6) is 0 Å². The van der Waals surface area contributed by atoms with Crippen molar-refractivity contribution in [3.63, 3.8) is 0 Å². The molecule has 0 saturated heterocycles. The fourth-order valence-corrected chi connectivity index (χ4v) is 4.36. The second kappa shape index (κ2) is 7.89. The van der Waals surface area contributed by atoms with Gasteiger partial charge in [0.1, 0.15) is 7.11 Å². The molecule has 2 heterocycles. The van der Waals surface area contributed by atoms with E-state index in [1.54, 1.807) is 24.7 Å². The van der Waals surface area contributed by atoms with Gasteiger partial charge in [0.25, 0.3) is 0 Å². The first-order chi connectivity index (χ1) is 13.2. The highest BCUT2D eigenvalue weighted by Crippen LogP contribution is 2.34. The smallest absolute Gasteiger partial charge is 0.106 e. The van der Waals surface area contributed by atoms with Gasteiger partial charge in [-0.15, -0.1) is 11.3 Å². The van der Waals surface area contributed by atoms with Crippen LogP contribution in [0.1, 0.15) is 40.5 Å². The standard InChI is InChI=1S/C23H22N2OS/c1-16-5-3-4-6-20(16)22-13-12-21(25-22)17-7-9-18(10-8-17)23-14-11-19(27-23)15-24-26-2/h3-11,14-15,21H,12-13H2,1-2H3/b24-15+. The largest absolute Gasteiger partial charge is 0.399 e. The van der Waals surface area contributed by atoms with E-state index in [0.29, 0.717) is 0 Å². The number of rotatable bonds is 5.